The molecule has 1 rings (SSSR count). The summed E-state index contributed by atoms with van der Waals surface area (Å²) in [5.41, 5.74) is 5.57. The smallest absolute Gasteiger partial charge is 0.204 e. The Morgan fingerprint density at radius 2 is 2.09 bits per heavy atom. The highest BCUT2D eigenvalue weighted by Crippen LogP contribution is 1.97. The summed E-state index contributed by atoms with van der Waals surface area (Å²) in [6, 6.07) is 0. The Bertz CT molecular complexity index is 205. The van der Waals surface area contributed by atoms with Gasteiger partial charge in [-0.2, -0.15) is 0 Å². The third kappa shape index (κ3) is 1.42. The topological polar surface area (TPSA) is 57.2 Å². The summed E-state index contributed by atoms with van der Waals surface area (Å²) < 4.78 is 0. The van der Waals surface area contributed by atoms with Gasteiger partial charge in [0.2, 0.25) is 5.96 Å². The highest BCUT2D eigenvalue weighted by molar-refractivity contribution is 5.98. The Hall–Kier alpha value is -1.26. The lowest BCUT2D eigenvalue weighted by Gasteiger charge is -2.27. The van der Waals surface area contributed by atoms with Gasteiger partial charge in [-0.25, -0.2) is 9.98 Å². The van der Waals surface area contributed by atoms with E-state index in [0.29, 0.717) is 12.6 Å². The summed E-state index contributed by atoms with van der Waals surface area (Å²) >= 11 is 0. The van der Waals surface area contributed by atoms with E-state index >= 15 is 0 Å². The zero-order chi connectivity index (χ0) is 8.43. The maximum atomic E-state index is 5.57. The first-order valence-corrected chi connectivity index (χ1v) is 3.38. The quantitative estimate of drug-likeness (QED) is 0.494. The van der Waals surface area contributed by atoms with E-state index in [1.165, 1.54) is 0 Å². The summed E-state index contributed by atoms with van der Waals surface area (Å²) in [4.78, 5) is 11.8. The van der Waals surface area contributed by atoms with Crippen molar-refractivity contribution in [1.29, 1.82) is 0 Å². The summed E-state index contributed by atoms with van der Waals surface area (Å²) in [6.45, 7) is 0.434. The Morgan fingerprint density at radius 3 is 2.55 bits per heavy atom. The summed E-state index contributed by atoms with van der Waals surface area (Å²) in [6.07, 6.45) is 0. The molecule has 0 bridgehead atoms. The summed E-state index contributed by atoms with van der Waals surface area (Å²) in [5.74, 6) is 1.36. The van der Waals surface area contributed by atoms with Crippen LogP contribution in [0.1, 0.15) is 0 Å². The minimum absolute atomic E-state index is 0.434. The van der Waals surface area contributed by atoms with Gasteiger partial charge in [-0.05, 0) is 0 Å². The molecule has 0 aromatic carbocycles. The number of nitrogens with two attached hydrogens (primary N) is 1. The van der Waals surface area contributed by atoms with E-state index in [1.54, 1.807) is 4.90 Å². The third-order valence-corrected chi connectivity index (χ3v) is 1.49. The second-order valence-electron chi connectivity index (χ2n) is 2.57. The number of aliphatic imine (C=N–C) groups is 2. The van der Waals surface area contributed by atoms with Crippen molar-refractivity contribution in [2.75, 3.05) is 27.8 Å². The molecule has 0 saturated carbocycles. The molecule has 1 heterocycles. The minimum atomic E-state index is 0.434. The predicted octanol–water partition coefficient (Wildman–Crippen LogP) is -0.878. The van der Waals surface area contributed by atoms with Gasteiger partial charge in [0.25, 0.3) is 0 Å². The van der Waals surface area contributed by atoms with Gasteiger partial charge in [-0.3, -0.25) is 4.90 Å². The zero-order valence-corrected chi connectivity index (χ0v) is 7.07. The van der Waals surface area contributed by atoms with Crippen LogP contribution >= 0.6 is 0 Å². The van der Waals surface area contributed by atoms with Crippen molar-refractivity contribution in [3.63, 3.8) is 0 Å². The molecule has 5 heteroatoms. The van der Waals surface area contributed by atoms with E-state index in [0.717, 1.165) is 5.96 Å². The van der Waals surface area contributed by atoms with Crippen LogP contribution in [-0.4, -0.2) is 49.5 Å². The molecule has 11 heavy (non-hydrogen) atoms. The first-order valence-electron chi connectivity index (χ1n) is 3.38. The predicted molar refractivity (Wildman–Crippen MR) is 45.4 cm³/mol. The molecule has 0 saturated heterocycles. The molecule has 5 nitrogen and oxygen atoms in total. The SMILES string of the molecule is CN(C)C1=NCN=C(N)N1C. The zero-order valence-electron chi connectivity index (χ0n) is 7.07. The monoisotopic (exact) mass is 155 g/mol. The van der Waals surface area contributed by atoms with Crippen LogP contribution in [-0.2, 0) is 0 Å². The van der Waals surface area contributed by atoms with Crippen LogP contribution in [0.4, 0.5) is 0 Å². The average molecular weight is 155 g/mol. The second-order valence-corrected chi connectivity index (χ2v) is 2.57. The van der Waals surface area contributed by atoms with Crippen LogP contribution < -0.4 is 5.73 Å². The molecule has 62 valence electrons. The van der Waals surface area contributed by atoms with Crippen molar-refractivity contribution in [1.82, 2.24) is 9.80 Å². The number of hydrogen-bond acceptors (Lipinski definition) is 5. The van der Waals surface area contributed by atoms with Crippen LogP contribution in [0.2, 0.25) is 0 Å². The highest BCUT2D eigenvalue weighted by atomic mass is 15.4. The fourth-order valence-corrected chi connectivity index (χ4v) is 0.927. The fraction of sp³-hybridized carbons (Fsp3) is 0.667. The molecule has 2 N–H and O–H groups in total. The van der Waals surface area contributed by atoms with Gasteiger partial charge in [0, 0.05) is 21.1 Å². The van der Waals surface area contributed by atoms with Crippen molar-refractivity contribution in [2.24, 2.45) is 15.7 Å². The van der Waals surface area contributed by atoms with Gasteiger partial charge in [-0.1, -0.05) is 0 Å². The standard InChI is InChI=1S/C6H13N5/c1-10(2)6-9-4-8-5(7)11(6)3/h4H2,1-3H3,(H2,7,8). The van der Waals surface area contributed by atoms with Crippen LogP contribution in [0.15, 0.2) is 9.98 Å². The molecule has 0 radical (unpaired) electrons. The average Bonchev–Trinajstić information content (AvgIpc) is 1.94. The summed E-state index contributed by atoms with van der Waals surface area (Å²) in [5, 5.41) is 0. The van der Waals surface area contributed by atoms with Gasteiger partial charge in [-0.15, -0.1) is 0 Å². The molecule has 0 aromatic heterocycles. The highest BCUT2D eigenvalue weighted by Gasteiger charge is 2.14. The van der Waals surface area contributed by atoms with Crippen LogP contribution in [0.5, 0.6) is 0 Å². The van der Waals surface area contributed by atoms with Gasteiger partial charge >= 0.3 is 0 Å². The van der Waals surface area contributed by atoms with E-state index < -0.39 is 0 Å². The summed E-state index contributed by atoms with van der Waals surface area (Å²) in [7, 11) is 5.69. The van der Waals surface area contributed by atoms with Crippen LogP contribution in [0.25, 0.3) is 0 Å². The van der Waals surface area contributed by atoms with E-state index in [1.807, 2.05) is 26.0 Å². The number of nitrogens with zero attached hydrogens (tertiary/aromatic N) is 4. The van der Waals surface area contributed by atoms with E-state index in [4.69, 9.17) is 5.73 Å². The number of guanidine groups is 2. The Morgan fingerprint density at radius 1 is 1.45 bits per heavy atom. The number of hydrogen-bond donors (Lipinski definition) is 1. The van der Waals surface area contributed by atoms with Crippen molar-refractivity contribution in [3.8, 4) is 0 Å². The van der Waals surface area contributed by atoms with Crippen LogP contribution in [0.3, 0.4) is 0 Å². The van der Waals surface area contributed by atoms with Gasteiger partial charge < -0.3 is 10.6 Å². The first kappa shape index (κ1) is 7.84. The fourth-order valence-electron chi connectivity index (χ4n) is 0.927. The molecule has 0 fully saturated rings. The molecular formula is C6H13N5. The molecule has 0 spiro atoms. The minimum Gasteiger partial charge on any atom is -0.369 e. The van der Waals surface area contributed by atoms with Crippen molar-refractivity contribution < 1.29 is 0 Å². The molecular weight excluding hydrogens is 142 g/mol. The first-order chi connectivity index (χ1) is 5.13. The molecule has 0 aromatic rings. The molecule has 0 amide bonds. The maximum Gasteiger partial charge on any atom is 0.204 e. The van der Waals surface area contributed by atoms with E-state index in [9.17, 15) is 0 Å². The normalized spacial score (nSPS) is 17.5. The Kier molecular flexibility index (Phi) is 1.98. The Balaban J connectivity index is 2.76. The van der Waals surface area contributed by atoms with Gasteiger partial charge in [0.05, 0.1) is 0 Å². The molecule has 0 atom stereocenters. The molecule has 0 aliphatic carbocycles. The van der Waals surface area contributed by atoms with Crippen molar-refractivity contribution in [2.45, 2.75) is 0 Å². The van der Waals surface area contributed by atoms with Crippen LogP contribution in [0, 0.1) is 0 Å². The maximum absolute atomic E-state index is 5.57. The molecule has 1 aliphatic heterocycles. The largest absolute Gasteiger partial charge is 0.369 e. The van der Waals surface area contributed by atoms with Gasteiger partial charge in [0.15, 0.2) is 5.96 Å². The lowest BCUT2D eigenvalue weighted by atomic mass is 10.6. The van der Waals surface area contributed by atoms with E-state index in [2.05, 4.69) is 9.98 Å². The lowest BCUT2D eigenvalue weighted by molar-refractivity contribution is 0.516. The Labute approximate surface area is 66.2 Å². The third-order valence-electron chi connectivity index (χ3n) is 1.49. The second kappa shape index (κ2) is 2.77. The lowest BCUT2D eigenvalue weighted by Crippen LogP contribution is -2.47. The van der Waals surface area contributed by atoms with Crippen molar-refractivity contribution >= 4 is 11.9 Å². The van der Waals surface area contributed by atoms with Gasteiger partial charge in [0.1, 0.15) is 6.67 Å². The van der Waals surface area contributed by atoms with Crippen molar-refractivity contribution in [3.05, 3.63) is 0 Å². The number of rotatable bonds is 0. The molecule has 1 aliphatic rings. The molecule has 0 unspecified atom stereocenters. The van der Waals surface area contributed by atoms with E-state index in [-0.39, 0.29) is 0 Å².